The van der Waals surface area contributed by atoms with Gasteiger partial charge in [0.25, 0.3) is 0 Å². The highest BCUT2D eigenvalue weighted by molar-refractivity contribution is 5.94. The van der Waals surface area contributed by atoms with E-state index in [9.17, 15) is 14.7 Å². The maximum atomic E-state index is 11.8. The molecule has 0 radical (unpaired) electrons. The molecular weight excluding hydrogens is 212 g/mol. The van der Waals surface area contributed by atoms with Crippen LogP contribution in [0.2, 0.25) is 0 Å². The molecular formula is C10H16N2O4. The van der Waals surface area contributed by atoms with Gasteiger partial charge in [0, 0.05) is 26.1 Å². The molecule has 0 aromatic heterocycles. The predicted octanol–water partition coefficient (Wildman–Crippen LogP) is -0.772. The number of carboxylic acid groups (broad SMARTS) is 1. The minimum absolute atomic E-state index is 0.296. The van der Waals surface area contributed by atoms with Gasteiger partial charge in [-0.15, -0.1) is 0 Å². The van der Waals surface area contributed by atoms with E-state index in [0.717, 1.165) is 0 Å². The summed E-state index contributed by atoms with van der Waals surface area (Å²) < 4.78 is 5.11. The molecule has 4 N–H and O–H groups in total. The molecule has 0 atom stereocenters. The van der Waals surface area contributed by atoms with Crippen LogP contribution in [0.5, 0.6) is 0 Å². The van der Waals surface area contributed by atoms with Gasteiger partial charge in [-0.1, -0.05) is 0 Å². The van der Waals surface area contributed by atoms with E-state index in [1.54, 1.807) is 0 Å². The summed E-state index contributed by atoms with van der Waals surface area (Å²) in [6.45, 7) is 0.703. The van der Waals surface area contributed by atoms with E-state index in [4.69, 9.17) is 10.5 Å². The molecule has 1 aliphatic carbocycles. The van der Waals surface area contributed by atoms with Crippen LogP contribution in [0.25, 0.3) is 0 Å². The van der Waals surface area contributed by atoms with Crippen molar-refractivity contribution in [1.82, 2.24) is 5.32 Å². The first kappa shape index (κ1) is 11.3. The lowest BCUT2D eigenvalue weighted by atomic mass is 9.89. The lowest BCUT2D eigenvalue weighted by Crippen LogP contribution is -2.61. The van der Waals surface area contributed by atoms with Crippen molar-refractivity contribution in [3.05, 3.63) is 0 Å². The van der Waals surface area contributed by atoms with E-state index in [2.05, 4.69) is 5.32 Å². The lowest BCUT2D eigenvalue weighted by molar-refractivity contribution is -0.152. The molecule has 6 nitrogen and oxygen atoms in total. The molecule has 2 fully saturated rings. The van der Waals surface area contributed by atoms with E-state index in [1.807, 2.05) is 0 Å². The van der Waals surface area contributed by atoms with Crippen LogP contribution in [0, 0.1) is 0 Å². The van der Waals surface area contributed by atoms with Crippen LogP contribution in [-0.2, 0) is 14.3 Å². The smallest absolute Gasteiger partial charge is 0.329 e. The number of nitrogens with two attached hydrogens (primary N) is 1. The summed E-state index contributed by atoms with van der Waals surface area (Å²) in [4.78, 5) is 23.0. The van der Waals surface area contributed by atoms with Crippen molar-refractivity contribution in [2.75, 3.05) is 13.2 Å². The summed E-state index contributed by atoms with van der Waals surface area (Å²) >= 11 is 0. The number of carboxylic acids is 1. The van der Waals surface area contributed by atoms with E-state index >= 15 is 0 Å². The topological polar surface area (TPSA) is 102 Å². The van der Waals surface area contributed by atoms with E-state index in [0.29, 0.717) is 38.9 Å². The second-order valence-corrected chi connectivity index (χ2v) is 4.61. The second kappa shape index (κ2) is 3.71. The highest BCUT2D eigenvalue weighted by atomic mass is 16.5. The molecule has 0 spiro atoms. The van der Waals surface area contributed by atoms with Gasteiger partial charge in [-0.05, 0) is 12.8 Å². The number of carbonyl (C=O) groups excluding carboxylic acids is 1. The van der Waals surface area contributed by atoms with Gasteiger partial charge in [-0.2, -0.15) is 0 Å². The third-order valence-corrected chi connectivity index (χ3v) is 3.35. The zero-order valence-corrected chi connectivity index (χ0v) is 8.99. The van der Waals surface area contributed by atoms with E-state index in [-0.39, 0.29) is 5.91 Å². The van der Waals surface area contributed by atoms with Crippen molar-refractivity contribution in [3.63, 3.8) is 0 Å². The van der Waals surface area contributed by atoms with Gasteiger partial charge < -0.3 is 20.9 Å². The van der Waals surface area contributed by atoms with Gasteiger partial charge >= 0.3 is 5.97 Å². The number of carbonyl (C=O) groups is 2. The molecule has 0 bridgehead atoms. The molecule has 0 unspecified atom stereocenters. The summed E-state index contributed by atoms with van der Waals surface area (Å²) in [7, 11) is 0. The van der Waals surface area contributed by atoms with Crippen molar-refractivity contribution in [3.8, 4) is 0 Å². The standard InChI is InChI=1S/C10H16N2O4/c11-9(1-2-9)7(13)12-10(8(14)15)3-5-16-6-4-10/h1-6,11H2,(H,12,13)(H,14,15). The zero-order chi connectivity index (χ0) is 11.8. The number of nitrogens with one attached hydrogen (secondary N) is 1. The van der Waals surface area contributed by atoms with Gasteiger partial charge in [0.05, 0.1) is 5.54 Å². The summed E-state index contributed by atoms with van der Waals surface area (Å²) in [5.41, 5.74) is 3.71. The van der Waals surface area contributed by atoms with Crippen LogP contribution in [0.4, 0.5) is 0 Å². The first-order chi connectivity index (χ1) is 7.49. The van der Waals surface area contributed by atoms with Gasteiger partial charge in [-0.25, -0.2) is 4.79 Å². The fourth-order valence-corrected chi connectivity index (χ4v) is 1.82. The average molecular weight is 228 g/mol. The molecule has 0 aromatic carbocycles. The first-order valence-corrected chi connectivity index (χ1v) is 5.41. The van der Waals surface area contributed by atoms with Crippen LogP contribution in [0.1, 0.15) is 25.7 Å². The maximum Gasteiger partial charge on any atom is 0.329 e. The zero-order valence-electron chi connectivity index (χ0n) is 8.99. The Morgan fingerprint density at radius 1 is 1.19 bits per heavy atom. The van der Waals surface area contributed by atoms with Crippen LogP contribution >= 0.6 is 0 Å². The third-order valence-electron chi connectivity index (χ3n) is 3.35. The predicted molar refractivity (Wildman–Crippen MR) is 54.7 cm³/mol. The fourth-order valence-electron chi connectivity index (χ4n) is 1.82. The number of rotatable bonds is 3. The molecule has 1 saturated heterocycles. The van der Waals surface area contributed by atoms with E-state index < -0.39 is 17.0 Å². The average Bonchev–Trinajstić information content (AvgIpc) is 2.99. The van der Waals surface area contributed by atoms with Crippen molar-refractivity contribution >= 4 is 11.9 Å². The van der Waals surface area contributed by atoms with Crippen molar-refractivity contribution in [2.24, 2.45) is 5.73 Å². The Hall–Kier alpha value is -1.14. The van der Waals surface area contributed by atoms with Crippen molar-refractivity contribution in [1.29, 1.82) is 0 Å². The third kappa shape index (κ3) is 1.90. The van der Waals surface area contributed by atoms with Crippen molar-refractivity contribution in [2.45, 2.75) is 36.8 Å². The first-order valence-electron chi connectivity index (χ1n) is 5.41. The van der Waals surface area contributed by atoms with E-state index in [1.165, 1.54) is 0 Å². The molecule has 90 valence electrons. The summed E-state index contributed by atoms with van der Waals surface area (Å²) in [5.74, 6) is -1.36. The van der Waals surface area contributed by atoms with Crippen LogP contribution < -0.4 is 11.1 Å². The Morgan fingerprint density at radius 2 is 1.75 bits per heavy atom. The Bertz CT molecular complexity index is 319. The summed E-state index contributed by atoms with van der Waals surface area (Å²) in [5, 5.41) is 11.8. The molecule has 6 heteroatoms. The number of hydrogen-bond donors (Lipinski definition) is 3. The van der Waals surface area contributed by atoms with Crippen LogP contribution in [0.3, 0.4) is 0 Å². The van der Waals surface area contributed by atoms with Gasteiger partial charge in [-0.3, -0.25) is 4.79 Å². The Labute approximate surface area is 93.1 Å². The molecule has 1 heterocycles. The molecule has 2 rings (SSSR count). The van der Waals surface area contributed by atoms with Crippen LogP contribution in [-0.4, -0.2) is 41.3 Å². The molecule has 1 amide bonds. The minimum atomic E-state index is -1.19. The Morgan fingerprint density at radius 3 is 2.19 bits per heavy atom. The normalized spacial score (nSPS) is 25.8. The summed E-state index contributed by atoms with van der Waals surface area (Å²) in [6, 6.07) is 0. The lowest BCUT2D eigenvalue weighted by Gasteiger charge is -2.34. The molecule has 16 heavy (non-hydrogen) atoms. The SMILES string of the molecule is NC1(C(=O)NC2(C(=O)O)CCOCC2)CC1. The maximum absolute atomic E-state index is 11.8. The Balaban J connectivity index is 2.07. The second-order valence-electron chi connectivity index (χ2n) is 4.61. The van der Waals surface area contributed by atoms with Crippen LogP contribution in [0.15, 0.2) is 0 Å². The fraction of sp³-hybridized carbons (Fsp3) is 0.800. The Kier molecular flexibility index (Phi) is 2.63. The minimum Gasteiger partial charge on any atom is -0.480 e. The molecule has 1 saturated carbocycles. The quantitative estimate of drug-likeness (QED) is 0.588. The number of amides is 1. The number of hydrogen-bond acceptors (Lipinski definition) is 4. The molecule has 2 aliphatic rings. The van der Waals surface area contributed by atoms with Gasteiger partial charge in [0.15, 0.2) is 0 Å². The molecule has 0 aromatic rings. The van der Waals surface area contributed by atoms with Crippen molar-refractivity contribution < 1.29 is 19.4 Å². The highest BCUT2D eigenvalue weighted by Gasteiger charge is 2.50. The number of ether oxygens (including phenoxy) is 1. The summed E-state index contributed by atoms with van der Waals surface area (Å²) in [6.07, 6.45) is 1.85. The number of aliphatic carboxylic acids is 1. The highest BCUT2D eigenvalue weighted by Crippen LogP contribution is 2.33. The molecule has 1 aliphatic heterocycles. The monoisotopic (exact) mass is 228 g/mol. The van der Waals surface area contributed by atoms with Gasteiger partial charge in [0.2, 0.25) is 5.91 Å². The largest absolute Gasteiger partial charge is 0.480 e. The van der Waals surface area contributed by atoms with Gasteiger partial charge in [0.1, 0.15) is 5.54 Å².